The minimum Gasteiger partial charge on any atom is -0.491 e. The minimum atomic E-state index is -3.91. The van der Waals surface area contributed by atoms with Crippen molar-refractivity contribution in [3.63, 3.8) is 0 Å². The highest BCUT2D eigenvalue weighted by atomic mass is 32.2. The molecule has 10 heteroatoms. The van der Waals surface area contributed by atoms with Crippen LogP contribution in [0.1, 0.15) is 13.3 Å². The second-order valence-corrected chi connectivity index (χ2v) is 8.51. The van der Waals surface area contributed by atoms with Gasteiger partial charge in [-0.15, -0.1) is 0 Å². The lowest BCUT2D eigenvalue weighted by molar-refractivity contribution is -0.126. The number of carbonyl (C=O) groups excluding carboxylic acids is 2. The van der Waals surface area contributed by atoms with Crippen molar-refractivity contribution in [2.24, 2.45) is 0 Å². The van der Waals surface area contributed by atoms with Crippen molar-refractivity contribution in [3.8, 4) is 5.75 Å². The van der Waals surface area contributed by atoms with Gasteiger partial charge in [-0.1, -0.05) is 11.8 Å². The molecule has 2 heterocycles. The first-order valence-corrected chi connectivity index (χ1v) is 10.2. The lowest BCUT2D eigenvalue weighted by Crippen LogP contribution is -2.41. The Hall–Kier alpha value is -1.65. The fraction of sp³-hybridized carbons (Fsp3) is 0.467. The van der Waals surface area contributed by atoms with Crippen molar-refractivity contribution >= 4 is 32.9 Å². The Kier molecular flexibility index (Phi) is 5.03. The van der Waals surface area contributed by atoms with Crippen LogP contribution in [0.4, 0.5) is 9.18 Å². The molecule has 0 aliphatic carbocycles. The van der Waals surface area contributed by atoms with Gasteiger partial charge < -0.3 is 4.74 Å². The molecule has 2 aliphatic heterocycles. The zero-order chi connectivity index (χ0) is 18.2. The number of ether oxygens (including phenoxy) is 1. The van der Waals surface area contributed by atoms with E-state index >= 15 is 0 Å². The van der Waals surface area contributed by atoms with Crippen LogP contribution in [0.25, 0.3) is 0 Å². The first-order valence-electron chi connectivity index (χ1n) is 7.76. The SMILES string of the molecule is CCOc1ccc(S(=O)(=O)N2CCC(N3C(=O)CSC3=O)C2)cc1F. The van der Waals surface area contributed by atoms with Crippen molar-refractivity contribution in [1.29, 1.82) is 0 Å². The van der Waals surface area contributed by atoms with Crippen molar-refractivity contribution in [1.82, 2.24) is 9.21 Å². The average Bonchev–Trinajstić information content (AvgIpc) is 3.16. The summed E-state index contributed by atoms with van der Waals surface area (Å²) in [5.41, 5.74) is 0. The monoisotopic (exact) mass is 388 g/mol. The number of nitrogens with zero attached hydrogens (tertiary/aromatic N) is 2. The molecule has 2 aliphatic rings. The molecule has 25 heavy (non-hydrogen) atoms. The van der Waals surface area contributed by atoms with Gasteiger partial charge in [-0.3, -0.25) is 14.5 Å². The van der Waals surface area contributed by atoms with Gasteiger partial charge in [-0.25, -0.2) is 12.8 Å². The van der Waals surface area contributed by atoms with Crippen LogP contribution in [0.3, 0.4) is 0 Å². The highest BCUT2D eigenvalue weighted by Crippen LogP contribution is 2.30. The lowest BCUT2D eigenvalue weighted by atomic mass is 10.2. The van der Waals surface area contributed by atoms with Gasteiger partial charge in [0.15, 0.2) is 11.6 Å². The van der Waals surface area contributed by atoms with Crippen molar-refractivity contribution in [2.45, 2.75) is 24.3 Å². The molecule has 0 spiro atoms. The van der Waals surface area contributed by atoms with Gasteiger partial charge in [0.25, 0.3) is 5.24 Å². The van der Waals surface area contributed by atoms with Crippen LogP contribution in [0.2, 0.25) is 0 Å². The Balaban J connectivity index is 1.78. The van der Waals surface area contributed by atoms with Crippen LogP contribution in [0, 0.1) is 5.82 Å². The Morgan fingerprint density at radius 2 is 2.12 bits per heavy atom. The maximum absolute atomic E-state index is 14.0. The van der Waals surface area contributed by atoms with Crippen LogP contribution < -0.4 is 4.74 Å². The number of amides is 2. The van der Waals surface area contributed by atoms with E-state index in [1.807, 2.05) is 0 Å². The van der Waals surface area contributed by atoms with E-state index < -0.39 is 21.9 Å². The molecule has 1 aromatic rings. The predicted octanol–water partition coefficient (Wildman–Crippen LogP) is 1.68. The Morgan fingerprint density at radius 1 is 1.36 bits per heavy atom. The summed E-state index contributed by atoms with van der Waals surface area (Å²) in [6, 6.07) is 3.02. The summed E-state index contributed by atoms with van der Waals surface area (Å²) in [5.74, 6) is -0.969. The summed E-state index contributed by atoms with van der Waals surface area (Å²) in [4.78, 5) is 24.5. The molecule has 7 nitrogen and oxygen atoms in total. The third kappa shape index (κ3) is 3.38. The highest BCUT2D eigenvalue weighted by molar-refractivity contribution is 8.14. The molecular weight excluding hydrogens is 371 g/mol. The topological polar surface area (TPSA) is 84.0 Å². The van der Waals surface area contributed by atoms with Gasteiger partial charge in [-0.2, -0.15) is 4.31 Å². The number of halogens is 1. The second kappa shape index (κ2) is 6.93. The number of benzene rings is 1. The number of hydrogen-bond donors (Lipinski definition) is 0. The maximum atomic E-state index is 14.0. The van der Waals surface area contributed by atoms with Gasteiger partial charge >= 0.3 is 0 Å². The summed E-state index contributed by atoms with van der Waals surface area (Å²) in [6.45, 7) is 2.17. The molecule has 136 valence electrons. The standard InChI is InChI=1S/C15H17FN2O5S2/c1-2-23-13-4-3-11(7-12(13)16)25(21,22)17-6-5-10(8-17)18-14(19)9-24-15(18)20/h3-4,7,10H,2,5-6,8-9H2,1H3. The molecule has 1 atom stereocenters. The summed E-state index contributed by atoms with van der Waals surface area (Å²) < 4.78 is 45.6. The van der Waals surface area contributed by atoms with Crippen LogP contribution in [-0.4, -0.2) is 60.3 Å². The Morgan fingerprint density at radius 3 is 2.72 bits per heavy atom. The summed E-state index contributed by atoms with van der Waals surface area (Å²) in [7, 11) is -3.91. The zero-order valence-electron chi connectivity index (χ0n) is 13.5. The molecule has 1 unspecified atom stereocenters. The van der Waals surface area contributed by atoms with Crippen LogP contribution in [0.5, 0.6) is 5.75 Å². The fourth-order valence-corrected chi connectivity index (χ4v) is 5.20. The second-order valence-electron chi connectivity index (χ2n) is 5.65. The van der Waals surface area contributed by atoms with E-state index in [-0.39, 0.29) is 47.2 Å². The molecule has 2 fully saturated rings. The number of rotatable bonds is 5. The van der Waals surface area contributed by atoms with E-state index in [0.717, 1.165) is 22.7 Å². The van der Waals surface area contributed by atoms with Crippen molar-refractivity contribution < 1.29 is 27.1 Å². The van der Waals surface area contributed by atoms with Gasteiger partial charge in [0.1, 0.15) is 0 Å². The highest BCUT2D eigenvalue weighted by Gasteiger charge is 2.42. The van der Waals surface area contributed by atoms with E-state index in [2.05, 4.69) is 0 Å². The van der Waals surface area contributed by atoms with Gasteiger partial charge in [-0.05, 0) is 31.5 Å². The van der Waals surface area contributed by atoms with Gasteiger partial charge in [0.2, 0.25) is 15.9 Å². The number of thioether (sulfide) groups is 1. The van der Waals surface area contributed by atoms with Crippen molar-refractivity contribution in [2.75, 3.05) is 25.4 Å². The van der Waals surface area contributed by atoms with E-state index in [0.29, 0.717) is 6.42 Å². The Labute approximate surface area is 149 Å². The van der Waals surface area contributed by atoms with E-state index in [1.54, 1.807) is 6.92 Å². The molecule has 1 aromatic carbocycles. The average molecular weight is 388 g/mol. The molecular formula is C15H17FN2O5S2. The first-order chi connectivity index (χ1) is 11.8. The number of hydrogen-bond acceptors (Lipinski definition) is 6. The number of sulfonamides is 1. The molecule has 0 saturated carbocycles. The molecule has 2 amide bonds. The maximum Gasteiger partial charge on any atom is 0.289 e. The van der Waals surface area contributed by atoms with E-state index in [4.69, 9.17) is 4.74 Å². The third-order valence-electron chi connectivity index (χ3n) is 4.12. The molecule has 2 saturated heterocycles. The van der Waals surface area contributed by atoms with E-state index in [9.17, 15) is 22.4 Å². The normalized spacial score (nSPS) is 22.0. The summed E-state index contributed by atoms with van der Waals surface area (Å²) in [5, 5.41) is -0.346. The van der Waals surface area contributed by atoms with E-state index in [1.165, 1.54) is 16.4 Å². The molecule has 0 radical (unpaired) electrons. The number of carbonyl (C=O) groups is 2. The summed E-state index contributed by atoms with van der Waals surface area (Å²) in [6.07, 6.45) is 0.372. The Bertz CT molecular complexity index is 798. The quantitative estimate of drug-likeness (QED) is 0.763. The molecule has 0 aromatic heterocycles. The van der Waals surface area contributed by atoms with Crippen LogP contribution >= 0.6 is 11.8 Å². The van der Waals surface area contributed by atoms with Crippen LogP contribution in [-0.2, 0) is 14.8 Å². The molecule has 0 bridgehead atoms. The van der Waals surface area contributed by atoms with Crippen LogP contribution in [0.15, 0.2) is 23.1 Å². The largest absolute Gasteiger partial charge is 0.491 e. The van der Waals surface area contributed by atoms with Gasteiger partial charge in [0, 0.05) is 13.1 Å². The molecule has 3 rings (SSSR count). The van der Waals surface area contributed by atoms with Gasteiger partial charge in [0.05, 0.1) is 23.3 Å². The fourth-order valence-electron chi connectivity index (χ4n) is 2.92. The number of imide groups is 1. The third-order valence-corrected chi connectivity index (χ3v) is 6.81. The first kappa shape index (κ1) is 18.2. The summed E-state index contributed by atoms with van der Waals surface area (Å²) >= 11 is 0.920. The van der Waals surface area contributed by atoms with Crippen molar-refractivity contribution in [3.05, 3.63) is 24.0 Å². The zero-order valence-corrected chi connectivity index (χ0v) is 15.1. The minimum absolute atomic E-state index is 0.00830. The lowest BCUT2D eigenvalue weighted by Gasteiger charge is -2.22. The predicted molar refractivity (Wildman–Crippen MR) is 89.4 cm³/mol. The smallest absolute Gasteiger partial charge is 0.289 e. The molecule has 0 N–H and O–H groups in total.